The van der Waals surface area contributed by atoms with Gasteiger partial charge in [-0.25, -0.2) is 0 Å². The van der Waals surface area contributed by atoms with Gasteiger partial charge in [-0.15, -0.1) is 11.3 Å². The van der Waals surface area contributed by atoms with Gasteiger partial charge < -0.3 is 4.90 Å². The predicted octanol–water partition coefficient (Wildman–Crippen LogP) is 15.5. The number of nitrogens with zero attached hydrogens (tertiary/aromatic N) is 1. The van der Waals surface area contributed by atoms with Crippen molar-refractivity contribution in [1.82, 2.24) is 0 Å². The lowest BCUT2D eigenvalue weighted by Crippen LogP contribution is -2.11. The molecule has 0 N–H and O–H groups in total. The van der Waals surface area contributed by atoms with Crippen LogP contribution in [0.15, 0.2) is 200 Å². The molecule has 0 atom stereocenters. The number of rotatable bonds is 5. The molecule has 1 heterocycles. The third-order valence-electron chi connectivity index (χ3n) is 11.0. The van der Waals surface area contributed by atoms with Crippen molar-refractivity contribution in [2.45, 2.75) is 0 Å². The van der Waals surface area contributed by atoms with Crippen molar-refractivity contribution < 1.29 is 0 Å². The van der Waals surface area contributed by atoms with Crippen LogP contribution >= 0.6 is 11.3 Å². The SMILES string of the molecule is c1ccc(-c2ccc(N(c3cccc4c(-c5cc6ccccc6c6ccccc56)cccc34)c3cccc4ccc5c6ccccc6sc5c34)cc2)cc1. The van der Waals surface area contributed by atoms with Crippen LogP contribution in [-0.2, 0) is 0 Å². The molecule has 11 rings (SSSR count). The second-order valence-corrected chi connectivity index (χ2v) is 15.1. The zero-order chi connectivity index (χ0) is 35.6. The molecular formula is C52H33NS. The Bertz CT molecular complexity index is 3210. The van der Waals surface area contributed by atoms with Crippen LogP contribution in [0.4, 0.5) is 17.1 Å². The molecule has 2 heteroatoms. The molecule has 0 aliphatic heterocycles. The summed E-state index contributed by atoms with van der Waals surface area (Å²) >= 11 is 1.89. The van der Waals surface area contributed by atoms with E-state index < -0.39 is 0 Å². The first-order chi connectivity index (χ1) is 26.8. The summed E-state index contributed by atoms with van der Waals surface area (Å²) in [6.07, 6.45) is 0. The van der Waals surface area contributed by atoms with E-state index in [2.05, 4.69) is 205 Å². The van der Waals surface area contributed by atoms with Crippen molar-refractivity contribution in [1.29, 1.82) is 0 Å². The van der Waals surface area contributed by atoms with Crippen LogP contribution in [0.5, 0.6) is 0 Å². The van der Waals surface area contributed by atoms with E-state index in [1.54, 1.807) is 0 Å². The predicted molar refractivity (Wildman–Crippen MR) is 235 cm³/mol. The summed E-state index contributed by atoms with van der Waals surface area (Å²) in [6, 6.07) is 73.5. The summed E-state index contributed by atoms with van der Waals surface area (Å²) in [4.78, 5) is 2.49. The first-order valence-electron chi connectivity index (χ1n) is 18.5. The Morgan fingerprint density at radius 3 is 1.81 bits per heavy atom. The smallest absolute Gasteiger partial charge is 0.0554 e. The number of thiophene rings is 1. The highest BCUT2D eigenvalue weighted by molar-refractivity contribution is 7.26. The molecule has 1 nitrogen and oxygen atoms in total. The Kier molecular flexibility index (Phi) is 7.11. The van der Waals surface area contributed by atoms with Gasteiger partial charge in [0.15, 0.2) is 0 Å². The number of anilines is 3. The Labute approximate surface area is 317 Å². The molecule has 0 saturated heterocycles. The minimum Gasteiger partial charge on any atom is -0.309 e. The van der Waals surface area contributed by atoms with Crippen LogP contribution in [0, 0.1) is 0 Å². The molecule has 0 aliphatic rings. The van der Waals surface area contributed by atoms with Crippen molar-refractivity contribution in [3.05, 3.63) is 200 Å². The van der Waals surface area contributed by atoms with E-state index in [0.29, 0.717) is 0 Å². The van der Waals surface area contributed by atoms with E-state index in [1.165, 1.54) is 91.2 Å². The van der Waals surface area contributed by atoms with Crippen molar-refractivity contribution in [3.63, 3.8) is 0 Å². The molecule has 0 spiro atoms. The molecule has 10 aromatic carbocycles. The topological polar surface area (TPSA) is 3.24 Å². The third-order valence-corrected chi connectivity index (χ3v) is 12.2. The molecule has 0 bridgehead atoms. The fourth-order valence-electron chi connectivity index (χ4n) is 8.56. The Morgan fingerprint density at radius 2 is 0.944 bits per heavy atom. The van der Waals surface area contributed by atoms with Crippen molar-refractivity contribution in [3.8, 4) is 22.3 Å². The molecule has 0 radical (unpaired) electrons. The summed E-state index contributed by atoms with van der Waals surface area (Å²) < 4.78 is 2.63. The lowest BCUT2D eigenvalue weighted by molar-refractivity contribution is 1.31. The monoisotopic (exact) mass is 703 g/mol. The van der Waals surface area contributed by atoms with Gasteiger partial charge in [-0.1, -0.05) is 164 Å². The second-order valence-electron chi connectivity index (χ2n) is 14.0. The lowest BCUT2D eigenvalue weighted by Gasteiger charge is -2.29. The Hall–Kier alpha value is -6.74. The number of benzene rings is 10. The van der Waals surface area contributed by atoms with E-state index >= 15 is 0 Å². The van der Waals surface area contributed by atoms with Crippen LogP contribution in [-0.4, -0.2) is 0 Å². The average Bonchev–Trinajstić information content (AvgIpc) is 3.63. The Balaban J connectivity index is 1.19. The summed E-state index contributed by atoms with van der Waals surface area (Å²) in [5, 5.41) is 12.6. The highest BCUT2D eigenvalue weighted by Crippen LogP contribution is 2.48. The summed E-state index contributed by atoms with van der Waals surface area (Å²) in [5.74, 6) is 0. The molecule has 0 fully saturated rings. The van der Waals surface area contributed by atoms with Crippen LogP contribution in [0.3, 0.4) is 0 Å². The number of hydrogen-bond donors (Lipinski definition) is 0. The van der Waals surface area contributed by atoms with Gasteiger partial charge in [-0.3, -0.25) is 0 Å². The minimum atomic E-state index is 1.12. The fourth-order valence-corrected chi connectivity index (χ4v) is 9.83. The molecule has 54 heavy (non-hydrogen) atoms. The maximum atomic E-state index is 2.49. The molecule has 1 aromatic heterocycles. The van der Waals surface area contributed by atoms with Gasteiger partial charge in [0.2, 0.25) is 0 Å². The fraction of sp³-hybridized carbons (Fsp3) is 0. The standard InChI is InChI=1S/C52H33NS/c1-2-13-34(14-3-1)35-27-30-38(31-28-35)53(49-25-10-16-36-29-32-46-45-20-8-9-26-50(45)54-52(46)51(36)49)48-24-12-22-41-43(21-11-23-44(41)48)47-33-37-15-4-5-17-39(37)40-18-6-7-19-42(40)47/h1-33H. The summed E-state index contributed by atoms with van der Waals surface area (Å²) in [7, 11) is 0. The van der Waals surface area contributed by atoms with Crippen LogP contribution in [0.25, 0.3) is 85.5 Å². The molecule has 0 amide bonds. The van der Waals surface area contributed by atoms with Crippen LogP contribution in [0.2, 0.25) is 0 Å². The van der Waals surface area contributed by atoms with E-state index in [9.17, 15) is 0 Å². The van der Waals surface area contributed by atoms with Crippen molar-refractivity contribution in [2.24, 2.45) is 0 Å². The minimum absolute atomic E-state index is 1.12. The molecule has 0 unspecified atom stereocenters. The van der Waals surface area contributed by atoms with Crippen LogP contribution in [0.1, 0.15) is 0 Å². The van der Waals surface area contributed by atoms with Gasteiger partial charge in [-0.05, 0) is 91.0 Å². The third kappa shape index (κ3) is 4.85. The van der Waals surface area contributed by atoms with E-state index in [4.69, 9.17) is 0 Å². The zero-order valence-corrected chi connectivity index (χ0v) is 30.2. The number of fused-ring (bicyclic) bond motifs is 9. The quantitative estimate of drug-likeness (QED) is 0.161. The largest absolute Gasteiger partial charge is 0.309 e. The average molecular weight is 704 g/mol. The Morgan fingerprint density at radius 1 is 0.333 bits per heavy atom. The molecule has 0 saturated carbocycles. The van der Waals surface area contributed by atoms with Crippen molar-refractivity contribution in [2.75, 3.05) is 4.90 Å². The zero-order valence-electron chi connectivity index (χ0n) is 29.4. The summed E-state index contributed by atoms with van der Waals surface area (Å²) in [6.45, 7) is 0. The van der Waals surface area contributed by atoms with Gasteiger partial charge >= 0.3 is 0 Å². The van der Waals surface area contributed by atoms with E-state index in [1.807, 2.05) is 11.3 Å². The van der Waals surface area contributed by atoms with Crippen LogP contribution < -0.4 is 4.90 Å². The first-order valence-corrected chi connectivity index (χ1v) is 19.3. The molecule has 0 aliphatic carbocycles. The molecule has 252 valence electrons. The highest BCUT2D eigenvalue weighted by atomic mass is 32.1. The van der Waals surface area contributed by atoms with E-state index in [0.717, 1.165) is 11.4 Å². The maximum Gasteiger partial charge on any atom is 0.0554 e. The van der Waals surface area contributed by atoms with Gasteiger partial charge in [0.25, 0.3) is 0 Å². The highest BCUT2D eigenvalue weighted by Gasteiger charge is 2.21. The van der Waals surface area contributed by atoms with Gasteiger partial charge in [0.05, 0.1) is 11.4 Å². The number of hydrogen-bond acceptors (Lipinski definition) is 2. The normalized spacial score (nSPS) is 11.7. The second kappa shape index (κ2) is 12.4. The van der Waals surface area contributed by atoms with Crippen molar-refractivity contribution >= 4 is 91.7 Å². The van der Waals surface area contributed by atoms with Gasteiger partial charge in [-0.2, -0.15) is 0 Å². The first kappa shape index (κ1) is 30.8. The van der Waals surface area contributed by atoms with Gasteiger partial charge in [0, 0.05) is 36.6 Å². The van der Waals surface area contributed by atoms with Gasteiger partial charge in [0.1, 0.15) is 0 Å². The molecule has 11 aromatic rings. The lowest BCUT2D eigenvalue weighted by atomic mass is 9.90. The molecular weight excluding hydrogens is 671 g/mol. The van der Waals surface area contributed by atoms with E-state index in [-0.39, 0.29) is 0 Å². The maximum absolute atomic E-state index is 2.49. The summed E-state index contributed by atoms with van der Waals surface area (Å²) in [5.41, 5.74) is 8.35.